The van der Waals surface area contributed by atoms with Crippen LogP contribution in [0, 0.1) is 0 Å². The number of anilines is 1. The molecule has 2 N–H and O–H groups in total. The first-order valence-electron chi connectivity index (χ1n) is 6.67. The lowest BCUT2D eigenvalue weighted by atomic mass is 10.3. The Kier molecular flexibility index (Phi) is 5.61. The van der Waals surface area contributed by atoms with Crippen molar-refractivity contribution >= 4 is 17.6 Å². The molecule has 0 aliphatic carbocycles. The summed E-state index contributed by atoms with van der Waals surface area (Å²) in [5.41, 5.74) is 6.68. The molecule has 0 radical (unpaired) electrons. The molecule has 112 valence electrons. The second-order valence-electron chi connectivity index (χ2n) is 5.19. The summed E-state index contributed by atoms with van der Waals surface area (Å²) in [5.74, 6) is -0.386. The van der Waals surface area contributed by atoms with Crippen molar-refractivity contribution in [2.24, 2.45) is 0 Å². The summed E-state index contributed by atoms with van der Waals surface area (Å²) in [4.78, 5) is 24.9. The molecule has 0 unspecified atom stereocenters. The van der Waals surface area contributed by atoms with Gasteiger partial charge in [0.2, 0.25) is 5.91 Å². The number of nitrogens with zero attached hydrogens (tertiary/aromatic N) is 2. The molecule has 0 fully saturated rings. The molecule has 1 aromatic rings. The summed E-state index contributed by atoms with van der Waals surface area (Å²) >= 11 is 0. The third-order valence-electron chi connectivity index (χ3n) is 2.90. The van der Waals surface area contributed by atoms with Gasteiger partial charge < -0.3 is 19.9 Å². The summed E-state index contributed by atoms with van der Waals surface area (Å²) < 4.78 is 6.96. The minimum atomic E-state index is -0.410. The van der Waals surface area contributed by atoms with Gasteiger partial charge in [0.05, 0.1) is 12.3 Å². The van der Waals surface area contributed by atoms with Crippen molar-refractivity contribution in [3.05, 3.63) is 18.0 Å². The van der Waals surface area contributed by atoms with E-state index >= 15 is 0 Å². The second-order valence-corrected chi connectivity index (χ2v) is 5.19. The Bertz CT molecular complexity index is 478. The predicted octanol–water partition coefficient (Wildman–Crippen LogP) is 1.68. The van der Waals surface area contributed by atoms with Crippen molar-refractivity contribution in [1.29, 1.82) is 0 Å². The first-order chi connectivity index (χ1) is 9.32. The van der Waals surface area contributed by atoms with Crippen LogP contribution in [0.5, 0.6) is 0 Å². The third kappa shape index (κ3) is 4.29. The zero-order valence-corrected chi connectivity index (χ0v) is 12.5. The minimum Gasteiger partial charge on any atom is -0.461 e. The fraction of sp³-hybridized carbons (Fsp3) is 0.571. The van der Waals surface area contributed by atoms with E-state index in [0.29, 0.717) is 24.2 Å². The SMILES string of the molecule is CC(C)n1cc(N)cc1C(=O)OCCCC(=O)N(C)C. The van der Waals surface area contributed by atoms with Crippen LogP contribution in [0.4, 0.5) is 5.69 Å². The number of carbonyl (C=O) groups excluding carboxylic acids is 2. The molecular formula is C14H23N3O3. The van der Waals surface area contributed by atoms with Crippen LogP contribution in [-0.2, 0) is 9.53 Å². The lowest BCUT2D eigenvalue weighted by Gasteiger charge is -2.12. The van der Waals surface area contributed by atoms with E-state index in [-0.39, 0.29) is 18.6 Å². The minimum absolute atomic E-state index is 0.0239. The second kappa shape index (κ2) is 6.98. The fourth-order valence-corrected chi connectivity index (χ4v) is 1.78. The normalized spacial score (nSPS) is 10.7. The highest BCUT2D eigenvalue weighted by Crippen LogP contribution is 2.17. The maximum absolute atomic E-state index is 12.0. The van der Waals surface area contributed by atoms with Crippen LogP contribution in [0.25, 0.3) is 0 Å². The largest absolute Gasteiger partial charge is 0.461 e. The van der Waals surface area contributed by atoms with Crippen molar-refractivity contribution in [2.75, 3.05) is 26.4 Å². The highest BCUT2D eigenvalue weighted by atomic mass is 16.5. The number of hydrogen-bond donors (Lipinski definition) is 1. The van der Waals surface area contributed by atoms with Crippen molar-refractivity contribution in [3.63, 3.8) is 0 Å². The number of carbonyl (C=O) groups is 2. The van der Waals surface area contributed by atoms with Crippen LogP contribution in [0.15, 0.2) is 12.3 Å². The van der Waals surface area contributed by atoms with Crippen LogP contribution in [0.1, 0.15) is 43.2 Å². The summed E-state index contributed by atoms with van der Waals surface area (Å²) in [5, 5.41) is 0. The molecule has 6 nitrogen and oxygen atoms in total. The Morgan fingerprint density at radius 3 is 2.60 bits per heavy atom. The average Bonchev–Trinajstić information content (AvgIpc) is 2.76. The summed E-state index contributed by atoms with van der Waals surface area (Å²) in [6, 6.07) is 1.73. The monoisotopic (exact) mass is 281 g/mol. The van der Waals surface area contributed by atoms with Crippen LogP contribution in [0.3, 0.4) is 0 Å². The van der Waals surface area contributed by atoms with Crippen molar-refractivity contribution in [2.45, 2.75) is 32.7 Å². The Labute approximate surface area is 119 Å². The number of aromatic nitrogens is 1. The molecule has 20 heavy (non-hydrogen) atoms. The van der Waals surface area contributed by atoms with Gasteiger partial charge in [-0.3, -0.25) is 4.79 Å². The Balaban J connectivity index is 2.49. The van der Waals surface area contributed by atoms with E-state index in [1.807, 2.05) is 13.8 Å². The van der Waals surface area contributed by atoms with E-state index in [9.17, 15) is 9.59 Å². The van der Waals surface area contributed by atoms with E-state index in [4.69, 9.17) is 10.5 Å². The van der Waals surface area contributed by atoms with E-state index in [1.54, 1.807) is 30.9 Å². The first kappa shape index (κ1) is 16.1. The Morgan fingerprint density at radius 1 is 1.40 bits per heavy atom. The van der Waals surface area contributed by atoms with E-state index in [0.717, 1.165) is 0 Å². The van der Waals surface area contributed by atoms with Crippen LogP contribution < -0.4 is 5.73 Å². The van der Waals surface area contributed by atoms with E-state index in [1.165, 1.54) is 4.90 Å². The van der Waals surface area contributed by atoms with Crippen LogP contribution in [0.2, 0.25) is 0 Å². The van der Waals surface area contributed by atoms with E-state index < -0.39 is 5.97 Å². The van der Waals surface area contributed by atoms with Gasteiger partial charge in [-0.1, -0.05) is 0 Å². The highest BCUT2D eigenvalue weighted by molar-refractivity contribution is 5.89. The van der Waals surface area contributed by atoms with Gasteiger partial charge in [0.15, 0.2) is 0 Å². The third-order valence-corrected chi connectivity index (χ3v) is 2.90. The van der Waals surface area contributed by atoms with Gasteiger partial charge in [-0.15, -0.1) is 0 Å². The van der Waals surface area contributed by atoms with Gasteiger partial charge in [-0.2, -0.15) is 0 Å². The summed E-state index contributed by atoms with van der Waals surface area (Å²) in [7, 11) is 3.40. The summed E-state index contributed by atoms with van der Waals surface area (Å²) in [6.07, 6.45) is 2.60. The molecule has 0 saturated carbocycles. The molecule has 0 aliphatic heterocycles. The maximum Gasteiger partial charge on any atom is 0.355 e. The molecule has 0 atom stereocenters. The zero-order valence-electron chi connectivity index (χ0n) is 12.5. The molecule has 0 aliphatic rings. The zero-order chi connectivity index (χ0) is 15.3. The van der Waals surface area contributed by atoms with Crippen molar-refractivity contribution < 1.29 is 14.3 Å². The molecule has 0 saturated heterocycles. The molecule has 1 aromatic heterocycles. The van der Waals surface area contributed by atoms with Crippen LogP contribution in [-0.4, -0.2) is 42.0 Å². The molecule has 1 heterocycles. The standard InChI is InChI=1S/C14H23N3O3/c1-10(2)17-9-11(15)8-12(17)14(19)20-7-5-6-13(18)16(3)4/h8-10H,5-7,15H2,1-4H3. The van der Waals surface area contributed by atoms with Gasteiger partial charge in [0.25, 0.3) is 0 Å². The highest BCUT2D eigenvalue weighted by Gasteiger charge is 2.16. The quantitative estimate of drug-likeness (QED) is 0.635. The number of nitrogens with two attached hydrogens (primary N) is 1. The number of hydrogen-bond acceptors (Lipinski definition) is 4. The number of esters is 1. The molecule has 1 rings (SSSR count). The van der Waals surface area contributed by atoms with Gasteiger partial charge in [0, 0.05) is 32.8 Å². The number of nitrogen functional groups attached to an aromatic ring is 1. The fourth-order valence-electron chi connectivity index (χ4n) is 1.78. The maximum atomic E-state index is 12.0. The predicted molar refractivity (Wildman–Crippen MR) is 77.4 cm³/mol. The molecule has 6 heteroatoms. The number of amides is 1. The van der Waals surface area contributed by atoms with Gasteiger partial charge in [-0.05, 0) is 26.3 Å². The Hall–Kier alpha value is -1.98. The van der Waals surface area contributed by atoms with Gasteiger partial charge >= 0.3 is 5.97 Å². The van der Waals surface area contributed by atoms with E-state index in [2.05, 4.69) is 0 Å². The molecule has 0 aromatic carbocycles. The molecule has 1 amide bonds. The van der Waals surface area contributed by atoms with Crippen LogP contribution >= 0.6 is 0 Å². The van der Waals surface area contributed by atoms with Gasteiger partial charge in [0.1, 0.15) is 5.69 Å². The molecule has 0 bridgehead atoms. The Morgan fingerprint density at radius 2 is 2.05 bits per heavy atom. The van der Waals surface area contributed by atoms with Crippen molar-refractivity contribution in [1.82, 2.24) is 9.47 Å². The lowest BCUT2D eigenvalue weighted by molar-refractivity contribution is -0.128. The lowest BCUT2D eigenvalue weighted by Crippen LogP contribution is -2.22. The number of rotatable bonds is 6. The molecule has 0 spiro atoms. The van der Waals surface area contributed by atoms with Crippen molar-refractivity contribution in [3.8, 4) is 0 Å². The van der Waals surface area contributed by atoms with Gasteiger partial charge in [-0.25, -0.2) is 4.79 Å². The first-order valence-corrected chi connectivity index (χ1v) is 6.67. The molecular weight excluding hydrogens is 258 g/mol. The average molecular weight is 281 g/mol. The summed E-state index contributed by atoms with van der Waals surface area (Å²) in [6.45, 7) is 4.15. The number of ether oxygens (including phenoxy) is 1. The smallest absolute Gasteiger partial charge is 0.355 e. The topological polar surface area (TPSA) is 77.6 Å².